The van der Waals surface area contributed by atoms with Crippen LogP contribution in [-0.2, 0) is 0 Å². The number of phenolic OH excluding ortho intramolecular Hbond substituents is 2. The highest BCUT2D eigenvalue weighted by Gasteiger charge is 2.03. The van der Waals surface area contributed by atoms with E-state index in [0.29, 0.717) is 15.1 Å². The minimum Gasteiger partial charge on any atom is -0.504 e. The molecule has 6 nitrogen and oxygen atoms in total. The lowest BCUT2D eigenvalue weighted by atomic mass is 10.2. The van der Waals surface area contributed by atoms with Crippen molar-refractivity contribution >= 4 is 30.7 Å². The van der Waals surface area contributed by atoms with E-state index in [1.807, 2.05) is 0 Å². The molecule has 2 aromatic rings. The molecule has 0 saturated heterocycles. The summed E-state index contributed by atoms with van der Waals surface area (Å²) in [5.74, 6) is -0.454. The first-order chi connectivity index (χ1) is 8.09. The van der Waals surface area contributed by atoms with Crippen molar-refractivity contribution < 1.29 is 10.2 Å². The van der Waals surface area contributed by atoms with Gasteiger partial charge in [-0.3, -0.25) is 10.2 Å². The maximum Gasteiger partial charge on any atom is 0.215 e. The Hall–Kier alpha value is -1.93. The Morgan fingerprint density at radius 3 is 2.47 bits per heavy atom. The van der Waals surface area contributed by atoms with Gasteiger partial charge in [0.2, 0.25) is 9.54 Å². The normalized spacial score (nSPS) is 11.1. The van der Waals surface area contributed by atoms with Crippen LogP contribution in [-0.4, -0.2) is 31.3 Å². The summed E-state index contributed by atoms with van der Waals surface area (Å²) in [6.07, 6.45) is 1.35. The van der Waals surface area contributed by atoms with Crippen molar-refractivity contribution in [1.82, 2.24) is 14.9 Å². The molecule has 0 bridgehead atoms. The summed E-state index contributed by atoms with van der Waals surface area (Å²) in [6.45, 7) is 0. The first-order valence-electron chi connectivity index (χ1n) is 4.54. The molecule has 0 aliphatic heterocycles. The smallest absolute Gasteiger partial charge is 0.215 e. The maximum absolute atomic E-state index is 9.55. The lowest BCUT2D eigenvalue weighted by Crippen LogP contribution is -1.91. The van der Waals surface area contributed by atoms with Crippen molar-refractivity contribution in [2.24, 2.45) is 5.10 Å². The second-order valence-electron chi connectivity index (χ2n) is 3.13. The van der Waals surface area contributed by atoms with Gasteiger partial charge in [0.15, 0.2) is 11.5 Å². The third kappa shape index (κ3) is 2.27. The number of nitrogens with one attached hydrogen (secondary N) is 2. The van der Waals surface area contributed by atoms with E-state index in [2.05, 4.69) is 15.3 Å². The van der Waals surface area contributed by atoms with Gasteiger partial charge in [-0.25, -0.2) is 0 Å². The van der Waals surface area contributed by atoms with Gasteiger partial charge in [-0.2, -0.15) is 9.78 Å². The number of rotatable bonds is 2. The number of hydrogen-bond acceptors (Lipinski definition) is 5. The van der Waals surface area contributed by atoms with Crippen LogP contribution >= 0.6 is 24.4 Å². The fourth-order valence-corrected chi connectivity index (χ4v) is 1.62. The first-order valence-corrected chi connectivity index (χ1v) is 5.36. The molecule has 4 N–H and O–H groups in total. The molecule has 0 unspecified atom stereocenters. The average Bonchev–Trinajstić information content (AvgIpc) is 2.62. The van der Waals surface area contributed by atoms with Crippen molar-refractivity contribution in [2.45, 2.75) is 0 Å². The summed E-state index contributed by atoms with van der Waals surface area (Å²) in [4.78, 5) is 0. The summed E-state index contributed by atoms with van der Waals surface area (Å²) >= 11 is 9.86. The molecule has 2 rings (SSSR count). The number of phenols is 2. The molecular weight excluding hydrogens is 260 g/mol. The first kappa shape index (κ1) is 11.6. The van der Waals surface area contributed by atoms with Gasteiger partial charge in [0.25, 0.3) is 0 Å². The third-order valence-electron chi connectivity index (χ3n) is 2.02. The Kier molecular flexibility index (Phi) is 3.07. The molecule has 0 spiro atoms. The van der Waals surface area contributed by atoms with E-state index in [4.69, 9.17) is 24.4 Å². The minimum atomic E-state index is -0.242. The van der Waals surface area contributed by atoms with Crippen LogP contribution in [0.1, 0.15) is 5.56 Å². The lowest BCUT2D eigenvalue weighted by Gasteiger charge is -2.00. The minimum absolute atomic E-state index is 0.211. The third-order valence-corrected chi connectivity index (χ3v) is 2.57. The van der Waals surface area contributed by atoms with E-state index in [0.717, 1.165) is 0 Å². The summed E-state index contributed by atoms with van der Waals surface area (Å²) in [6, 6.07) is 4.57. The highest BCUT2D eigenvalue weighted by Crippen LogP contribution is 2.26. The summed E-state index contributed by atoms with van der Waals surface area (Å²) < 4.78 is 1.91. The van der Waals surface area contributed by atoms with E-state index in [-0.39, 0.29) is 11.5 Å². The van der Waals surface area contributed by atoms with E-state index >= 15 is 0 Å². The molecule has 88 valence electrons. The van der Waals surface area contributed by atoms with E-state index in [1.165, 1.54) is 17.0 Å². The summed E-state index contributed by atoms with van der Waals surface area (Å²) in [5.41, 5.74) is 0.363. The molecule has 0 atom stereocenters. The molecule has 0 fully saturated rings. The van der Waals surface area contributed by atoms with E-state index in [1.54, 1.807) is 12.1 Å². The maximum atomic E-state index is 9.55. The van der Waals surface area contributed by atoms with Crippen molar-refractivity contribution in [2.75, 3.05) is 0 Å². The van der Waals surface area contributed by atoms with Crippen LogP contribution in [0, 0.1) is 9.54 Å². The van der Waals surface area contributed by atoms with Gasteiger partial charge in [0.05, 0.1) is 6.21 Å². The lowest BCUT2D eigenvalue weighted by molar-refractivity contribution is 0.403. The fraction of sp³-hybridized carbons (Fsp3) is 0. The summed E-state index contributed by atoms with van der Waals surface area (Å²) in [7, 11) is 0. The standard InChI is InChI=1S/C9H8N4O2S2/c14-6-3-1-2-5(7(6)15)4-10-13-8(16)11-12-9(13)17/h1-4,14-15H,(H,11,16)(H,12,17)/b10-4+. The Bertz CT molecular complexity index is 655. The number of benzene rings is 1. The highest BCUT2D eigenvalue weighted by molar-refractivity contribution is 7.72. The summed E-state index contributed by atoms with van der Waals surface area (Å²) in [5, 5.41) is 28.1. The topological polar surface area (TPSA) is 89.3 Å². The van der Waals surface area contributed by atoms with Crippen molar-refractivity contribution in [3.05, 3.63) is 33.3 Å². The van der Waals surface area contributed by atoms with Gasteiger partial charge in [0, 0.05) is 5.56 Å². The van der Waals surface area contributed by atoms with Gasteiger partial charge in [-0.05, 0) is 36.6 Å². The van der Waals surface area contributed by atoms with Crippen LogP contribution in [0.15, 0.2) is 23.3 Å². The van der Waals surface area contributed by atoms with E-state index < -0.39 is 0 Å². The average molecular weight is 268 g/mol. The highest BCUT2D eigenvalue weighted by atomic mass is 32.1. The fourth-order valence-electron chi connectivity index (χ4n) is 1.18. The predicted molar refractivity (Wildman–Crippen MR) is 67.6 cm³/mol. The Labute approximate surface area is 106 Å². The second-order valence-corrected chi connectivity index (χ2v) is 3.91. The number of hydrogen-bond donors (Lipinski definition) is 4. The SMILES string of the molecule is Oc1cccc(/C=N/n2c(=S)[nH][nH]c2=S)c1O. The number of aromatic nitrogens is 3. The number of para-hydroxylation sites is 1. The Balaban J connectivity index is 2.43. The zero-order valence-corrected chi connectivity index (χ0v) is 10.0. The van der Waals surface area contributed by atoms with Crippen LogP contribution in [0.25, 0.3) is 0 Å². The van der Waals surface area contributed by atoms with Gasteiger partial charge < -0.3 is 10.2 Å². The second kappa shape index (κ2) is 4.52. The van der Waals surface area contributed by atoms with Gasteiger partial charge in [-0.1, -0.05) is 6.07 Å². The predicted octanol–water partition coefficient (Wildman–Crippen LogP) is 1.90. The molecule has 0 radical (unpaired) electrons. The van der Waals surface area contributed by atoms with Gasteiger partial charge in [0.1, 0.15) is 0 Å². The number of aromatic amines is 2. The quantitative estimate of drug-likeness (QED) is 0.380. The van der Waals surface area contributed by atoms with Crippen LogP contribution < -0.4 is 0 Å². The van der Waals surface area contributed by atoms with Gasteiger partial charge in [-0.15, -0.1) is 0 Å². The van der Waals surface area contributed by atoms with Crippen LogP contribution in [0.3, 0.4) is 0 Å². The van der Waals surface area contributed by atoms with E-state index in [9.17, 15) is 10.2 Å². The molecule has 8 heteroatoms. The zero-order valence-electron chi connectivity index (χ0n) is 8.41. The number of H-pyrrole nitrogens is 2. The number of nitrogens with zero attached hydrogens (tertiary/aromatic N) is 2. The molecule has 1 aromatic carbocycles. The molecule has 1 aromatic heterocycles. The van der Waals surface area contributed by atoms with Crippen LogP contribution in [0.2, 0.25) is 0 Å². The Morgan fingerprint density at radius 1 is 1.18 bits per heavy atom. The van der Waals surface area contributed by atoms with Crippen molar-refractivity contribution in [1.29, 1.82) is 0 Å². The largest absolute Gasteiger partial charge is 0.504 e. The molecule has 17 heavy (non-hydrogen) atoms. The molecule has 0 aliphatic rings. The van der Waals surface area contributed by atoms with Crippen LogP contribution in [0.5, 0.6) is 11.5 Å². The van der Waals surface area contributed by atoms with Gasteiger partial charge >= 0.3 is 0 Å². The monoisotopic (exact) mass is 268 g/mol. The van der Waals surface area contributed by atoms with Crippen molar-refractivity contribution in [3.63, 3.8) is 0 Å². The van der Waals surface area contributed by atoms with Crippen LogP contribution in [0.4, 0.5) is 0 Å². The zero-order chi connectivity index (χ0) is 12.4. The molecule has 0 saturated carbocycles. The van der Waals surface area contributed by atoms with Crippen molar-refractivity contribution in [3.8, 4) is 11.5 Å². The number of aromatic hydroxyl groups is 2. The Morgan fingerprint density at radius 2 is 1.82 bits per heavy atom. The molecule has 1 heterocycles. The molecule has 0 amide bonds. The molecule has 0 aliphatic carbocycles. The molecular formula is C9H8N4O2S2.